The molecule has 0 aromatic carbocycles. The maximum absolute atomic E-state index is 11.8. The molecule has 0 unspecified atom stereocenters. The van der Waals surface area contributed by atoms with Gasteiger partial charge in [0.15, 0.2) is 0 Å². The SMILES string of the molecule is Cc1nc(N2CCN3C(=O)NC[C@H]3C2)c2c(CC(C)C)csc2n1. The van der Waals surface area contributed by atoms with E-state index in [9.17, 15) is 4.79 Å². The minimum Gasteiger partial charge on any atom is -0.352 e. The molecule has 24 heavy (non-hydrogen) atoms. The highest BCUT2D eigenvalue weighted by atomic mass is 32.1. The third-order valence-electron chi connectivity index (χ3n) is 4.76. The zero-order valence-corrected chi connectivity index (χ0v) is 15.2. The van der Waals surface area contributed by atoms with E-state index >= 15 is 0 Å². The molecule has 2 aliphatic heterocycles. The summed E-state index contributed by atoms with van der Waals surface area (Å²) in [5, 5.41) is 6.39. The van der Waals surface area contributed by atoms with Crippen molar-refractivity contribution in [1.82, 2.24) is 20.2 Å². The first-order valence-corrected chi connectivity index (χ1v) is 9.45. The molecule has 2 amide bonds. The van der Waals surface area contributed by atoms with E-state index in [1.54, 1.807) is 11.3 Å². The first-order chi connectivity index (χ1) is 11.5. The Morgan fingerprint density at radius 3 is 3.00 bits per heavy atom. The van der Waals surface area contributed by atoms with Crippen LogP contribution in [0.15, 0.2) is 5.38 Å². The van der Waals surface area contributed by atoms with Crippen molar-refractivity contribution in [2.75, 3.05) is 31.1 Å². The van der Waals surface area contributed by atoms with Crippen LogP contribution in [0, 0.1) is 12.8 Å². The van der Waals surface area contributed by atoms with Crippen molar-refractivity contribution in [2.24, 2.45) is 5.92 Å². The van der Waals surface area contributed by atoms with Crippen LogP contribution in [0.2, 0.25) is 0 Å². The van der Waals surface area contributed by atoms with E-state index in [0.717, 1.165) is 49.1 Å². The Hall–Kier alpha value is -1.89. The average molecular weight is 345 g/mol. The quantitative estimate of drug-likeness (QED) is 0.928. The molecule has 0 bridgehead atoms. The summed E-state index contributed by atoms with van der Waals surface area (Å²) in [6.45, 7) is 9.59. The first kappa shape index (κ1) is 15.6. The molecule has 7 heteroatoms. The topological polar surface area (TPSA) is 61.4 Å². The van der Waals surface area contributed by atoms with Gasteiger partial charge in [0.25, 0.3) is 0 Å². The molecule has 4 heterocycles. The summed E-state index contributed by atoms with van der Waals surface area (Å²) in [6, 6.07) is 0.309. The number of anilines is 1. The number of piperazine rings is 1. The van der Waals surface area contributed by atoms with Crippen molar-refractivity contribution in [1.29, 1.82) is 0 Å². The predicted octanol–water partition coefficient (Wildman–Crippen LogP) is 2.41. The minimum atomic E-state index is 0.0692. The highest BCUT2D eigenvalue weighted by Gasteiger charge is 2.36. The minimum absolute atomic E-state index is 0.0692. The Balaban J connectivity index is 1.73. The van der Waals surface area contributed by atoms with Gasteiger partial charge in [-0.3, -0.25) is 0 Å². The van der Waals surface area contributed by atoms with Crippen molar-refractivity contribution in [3.8, 4) is 0 Å². The Labute approximate surface area is 145 Å². The largest absolute Gasteiger partial charge is 0.352 e. The molecule has 1 N–H and O–H groups in total. The Kier molecular flexibility index (Phi) is 3.83. The number of fused-ring (bicyclic) bond motifs is 2. The van der Waals surface area contributed by atoms with Crippen LogP contribution in [0.4, 0.5) is 10.6 Å². The third kappa shape index (κ3) is 2.60. The van der Waals surface area contributed by atoms with E-state index in [-0.39, 0.29) is 12.1 Å². The average Bonchev–Trinajstić information content (AvgIpc) is 3.10. The lowest BCUT2D eigenvalue weighted by Gasteiger charge is -2.37. The number of hydrogen-bond donors (Lipinski definition) is 1. The molecule has 0 aliphatic carbocycles. The summed E-state index contributed by atoms with van der Waals surface area (Å²) in [7, 11) is 0. The molecule has 128 valence electrons. The molecule has 0 saturated carbocycles. The fraction of sp³-hybridized carbons (Fsp3) is 0.588. The normalized spacial score (nSPS) is 20.8. The number of amides is 2. The van der Waals surface area contributed by atoms with Crippen LogP contribution in [0.1, 0.15) is 25.2 Å². The molecule has 2 fully saturated rings. The van der Waals surface area contributed by atoms with Gasteiger partial charge in [0.05, 0.1) is 11.4 Å². The molecule has 0 spiro atoms. The summed E-state index contributed by atoms with van der Waals surface area (Å²) in [5.41, 5.74) is 1.35. The van der Waals surface area contributed by atoms with Gasteiger partial charge in [-0.2, -0.15) is 0 Å². The molecule has 2 aromatic heterocycles. The maximum Gasteiger partial charge on any atom is 0.317 e. The van der Waals surface area contributed by atoms with E-state index in [2.05, 4.69) is 34.4 Å². The van der Waals surface area contributed by atoms with Gasteiger partial charge in [0, 0.05) is 26.2 Å². The van der Waals surface area contributed by atoms with E-state index in [0.29, 0.717) is 5.92 Å². The maximum atomic E-state index is 11.8. The van der Waals surface area contributed by atoms with Gasteiger partial charge in [0.2, 0.25) is 0 Å². The van der Waals surface area contributed by atoms with Crippen molar-refractivity contribution in [2.45, 2.75) is 33.2 Å². The smallest absolute Gasteiger partial charge is 0.317 e. The van der Waals surface area contributed by atoms with Gasteiger partial charge in [-0.25, -0.2) is 14.8 Å². The number of nitrogens with zero attached hydrogens (tertiary/aromatic N) is 4. The second kappa shape index (κ2) is 5.88. The predicted molar refractivity (Wildman–Crippen MR) is 96.8 cm³/mol. The van der Waals surface area contributed by atoms with Crippen LogP contribution in [0.5, 0.6) is 0 Å². The number of rotatable bonds is 3. The molecule has 2 aromatic rings. The van der Waals surface area contributed by atoms with Gasteiger partial charge < -0.3 is 15.1 Å². The lowest BCUT2D eigenvalue weighted by Crippen LogP contribution is -2.52. The number of aryl methyl sites for hydroxylation is 1. The van der Waals surface area contributed by atoms with Crippen LogP contribution < -0.4 is 10.2 Å². The third-order valence-corrected chi connectivity index (χ3v) is 5.68. The molecule has 2 saturated heterocycles. The summed E-state index contributed by atoms with van der Waals surface area (Å²) < 4.78 is 0. The van der Waals surface area contributed by atoms with Gasteiger partial charge in [-0.1, -0.05) is 13.8 Å². The van der Waals surface area contributed by atoms with Crippen LogP contribution in [-0.4, -0.2) is 53.1 Å². The standard InChI is InChI=1S/C17H23N5OS/c1-10(2)6-12-9-24-16-14(12)15(19-11(3)20-16)21-4-5-22-13(8-21)7-18-17(22)23/h9-10,13H,4-8H2,1-3H3,(H,18,23)/t13-/m0/s1. The number of aromatic nitrogens is 2. The van der Waals surface area contributed by atoms with Crippen LogP contribution in [0.25, 0.3) is 10.2 Å². The highest BCUT2D eigenvalue weighted by molar-refractivity contribution is 7.17. The molecule has 0 radical (unpaired) electrons. The van der Waals surface area contributed by atoms with E-state index in [1.165, 1.54) is 10.9 Å². The Morgan fingerprint density at radius 2 is 2.21 bits per heavy atom. The zero-order valence-electron chi connectivity index (χ0n) is 14.4. The number of thiophene rings is 1. The summed E-state index contributed by atoms with van der Waals surface area (Å²) in [5.74, 6) is 2.47. The number of hydrogen-bond acceptors (Lipinski definition) is 5. The zero-order chi connectivity index (χ0) is 16.8. The summed E-state index contributed by atoms with van der Waals surface area (Å²) in [4.78, 5) is 26.6. The highest BCUT2D eigenvalue weighted by Crippen LogP contribution is 2.34. The van der Waals surface area contributed by atoms with Gasteiger partial charge in [-0.05, 0) is 30.2 Å². The summed E-state index contributed by atoms with van der Waals surface area (Å²) in [6.07, 6.45) is 1.04. The van der Waals surface area contributed by atoms with E-state index < -0.39 is 0 Å². The lowest BCUT2D eigenvalue weighted by atomic mass is 10.0. The molecular formula is C17H23N5OS. The Bertz CT molecular complexity index is 787. The fourth-order valence-electron chi connectivity index (χ4n) is 3.70. The van der Waals surface area contributed by atoms with Crippen molar-refractivity contribution >= 4 is 33.4 Å². The van der Waals surface area contributed by atoms with Crippen molar-refractivity contribution in [3.63, 3.8) is 0 Å². The van der Waals surface area contributed by atoms with Gasteiger partial charge >= 0.3 is 6.03 Å². The summed E-state index contributed by atoms with van der Waals surface area (Å²) >= 11 is 1.71. The molecule has 2 aliphatic rings. The van der Waals surface area contributed by atoms with Gasteiger partial charge in [-0.15, -0.1) is 11.3 Å². The number of nitrogens with one attached hydrogen (secondary N) is 1. The van der Waals surface area contributed by atoms with Crippen molar-refractivity contribution < 1.29 is 4.79 Å². The van der Waals surface area contributed by atoms with Crippen LogP contribution in [0.3, 0.4) is 0 Å². The molecular weight excluding hydrogens is 322 g/mol. The molecule has 4 rings (SSSR count). The van der Waals surface area contributed by atoms with Gasteiger partial charge in [0.1, 0.15) is 16.5 Å². The lowest BCUT2D eigenvalue weighted by molar-refractivity contribution is 0.197. The second-order valence-corrected chi connectivity index (χ2v) is 7.97. The van der Waals surface area contributed by atoms with E-state index in [4.69, 9.17) is 4.98 Å². The molecule has 1 atom stereocenters. The second-order valence-electron chi connectivity index (χ2n) is 7.11. The number of urea groups is 1. The van der Waals surface area contributed by atoms with Crippen LogP contribution in [-0.2, 0) is 6.42 Å². The Morgan fingerprint density at radius 1 is 1.38 bits per heavy atom. The number of carbonyl (C=O) groups is 1. The number of carbonyl (C=O) groups excluding carboxylic acids is 1. The van der Waals surface area contributed by atoms with E-state index in [1.807, 2.05) is 11.8 Å². The van der Waals surface area contributed by atoms with Crippen molar-refractivity contribution in [3.05, 3.63) is 16.8 Å². The molecule has 6 nitrogen and oxygen atoms in total. The van der Waals surface area contributed by atoms with Crippen LogP contribution >= 0.6 is 11.3 Å². The fourth-order valence-corrected chi connectivity index (χ4v) is 4.69. The monoisotopic (exact) mass is 345 g/mol. The first-order valence-electron chi connectivity index (χ1n) is 8.57.